The van der Waals surface area contributed by atoms with Gasteiger partial charge in [-0.1, -0.05) is 28.9 Å². The largest absolute Gasteiger partial charge is 0.468 e. The molecule has 0 aliphatic rings. The predicted molar refractivity (Wildman–Crippen MR) is 83.6 cm³/mol. The van der Waals surface area contributed by atoms with Crippen LogP contribution in [0.15, 0.2) is 45.5 Å². The number of halogens is 1. The van der Waals surface area contributed by atoms with E-state index >= 15 is 0 Å². The first-order valence-electron chi connectivity index (χ1n) is 7.04. The van der Waals surface area contributed by atoms with E-state index in [0.29, 0.717) is 29.7 Å². The summed E-state index contributed by atoms with van der Waals surface area (Å²) in [6, 6.07) is 9.53. The van der Waals surface area contributed by atoms with Crippen molar-refractivity contribution in [3.63, 3.8) is 0 Å². The molecule has 0 radical (unpaired) electrons. The zero-order chi connectivity index (χ0) is 15.4. The van der Waals surface area contributed by atoms with E-state index in [1.807, 2.05) is 37.3 Å². The summed E-state index contributed by atoms with van der Waals surface area (Å²) < 4.78 is 10.5. The number of furan rings is 1. The molecule has 0 atom stereocenters. The lowest BCUT2D eigenvalue weighted by atomic mass is 10.1. The molecule has 0 saturated carbocycles. The summed E-state index contributed by atoms with van der Waals surface area (Å²) in [5.74, 6) is 2.06. The van der Waals surface area contributed by atoms with E-state index in [4.69, 9.17) is 20.5 Å². The van der Waals surface area contributed by atoms with Gasteiger partial charge in [0.05, 0.1) is 12.8 Å². The Morgan fingerprint density at radius 2 is 2.18 bits per heavy atom. The van der Waals surface area contributed by atoms with E-state index in [2.05, 4.69) is 15.5 Å². The Balaban J connectivity index is 1.55. The van der Waals surface area contributed by atoms with Gasteiger partial charge in [0.15, 0.2) is 0 Å². The van der Waals surface area contributed by atoms with E-state index in [9.17, 15) is 0 Å². The highest BCUT2D eigenvalue weighted by Gasteiger charge is 2.09. The van der Waals surface area contributed by atoms with Crippen molar-refractivity contribution in [3.8, 4) is 11.4 Å². The van der Waals surface area contributed by atoms with Crippen molar-refractivity contribution < 1.29 is 8.94 Å². The fourth-order valence-corrected chi connectivity index (χ4v) is 2.21. The highest BCUT2D eigenvalue weighted by Crippen LogP contribution is 2.23. The lowest BCUT2D eigenvalue weighted by molar-refractivity contribution is 0.374. The summed E-state index contributed by atoms with van der Waals surface area (Å²) >= 11 is 6.12. The first-order valence-corrected chi connectivity index (χ1v) is 7.42. The second-order valence-electron chi connectivity index (χ2n) is 4.98. The molecule has 0 spiro atoms. The smallest absolute Gasteiger partial charge is 0.228 e. The van der Waals surface area contributed by atoms with Crippen LogP contribution >= 0.6 is 11.6 Å². The molecule has 0 unspecified atom stereocenters. The van der Waals surface area contributed by atoms with Crippen molar-refractivity contribution in [1.29, 1.82) is 0 Å². The maximum atomic E-state index is 6.12. The van der Waals surface area contributed by atoms with Gasteiger partial charge in [-0.2, -0.15) is 4.98 Å². The van der Waals surface area contributed by atoms with E-state index < -0.39 is 0 Å². The highest BCUT2D eigenvalue weighted by atomic mass is 35.5. The summed E-state index contributed by atoms with van der Waals surface area (Å²) in [6.45, 7) is 3.37. The van der Waals surface area contributed by atoms with Crippen LogP contribution < -0.4 is 5.32 Å². The van der Waals surface area contributed by atoms with Crippen molar-refractivity contribution in [2.45, 2.75) is 19.9 Å². The van der Waals surface area contributed by atoms with E-state index in [1.165, 1.54) is 0 Å². The molecule has 0 bridgehead atoms. The standard InChI is InChI=1S/C16H16ClN3O2/c1-11-4-5-12(9-14(11)17)16-19-15(22-20-16)6-7-18-10-13-3-2-8-21-13/h2-5,8-9,18H,6-7,10H2,1H3. The van der Waals surface area contributed by atoms with Crippen LogP contribution in [0.4, 0.5) is 0 Å². The van der Waals surface area contributed by atoms with Crippen LogP contribution in [0.2, 0.25) is 5.02 Å². The maximum Gasteiger partial charge on any atom is 0.228 e. The van der Waals surface area contributed by atoms with E-state index in [1.54, 1.807) is 6.26 Å². The van der Waals surface area contributed by atoms with Gasteiger partial charge in [-0.15, -0.1) is 0 Å². The number of hydrogen-bond donors (Lipinski definition) is 1. The Labute approximate surface area is 133 Å². The molecule has 0 aliphatic heterocycles. The third-order valence-electron chi connectivity index (χ3n) is 3.29. The van der Waals surface area contributed by atoms with Gasteiger partial charge in [-0.25, -0.2) is 0 Å². The summed E-state index contributed by atoms with van der Waals surface area (Å²) in [7, 11) is 0. The van der Waals surface area contributed by atoms with Crippen LogP contribution in [0.25, 0.3) is 11.4 Å². The first kappa shape index (κ1) is 14.8. The van der Waals surface area contributed by atoms with Gasteiger partial charge in [0.25, 0.3) is 0 Å². The zero-order valence-corrected chi connectivity index (χ0v) is 12.9. The molecular formula is C16H16ClN3O2. The van der Waals surface area contributed by atoms with Gasteiger partial charge in [0, 0.05) is 23.6 Å². The SMILES string of the molecule is Cc1ccc(-c2noc(CCNCc3ccco3)n2)cc1Cl. The topological polar surface area (TPSA) is 64.1 Å². The van der Waals surface area contributed by atoms with Crippen LogP contribution in [0.1, 0.15) is 17.2 Å². The molecule has 2 aromatic heterocycles. The highest BCUT2D eigenvalue weighted by molar-refractivity contribution is 6.31. The molecule has 0 aliphatic carbocycles. The Kier molecular flexibility index (Phi) is 4.56. The van der Waals surface area contributed by atoms with Gasteiger partial charge in [-0.3, -0.25) is 0 Å². The Bertz CT molecular complexity index is 738. The maximum absolute atomic E-state index is 6.12. The lowest BCUT2D eigenvalue weighted by Crippen LogP contribution is -2.16. The molecule has 0 saturated heterocycles. The second-order valence-corrected chi connectivity index (χ2v) is 5.39. The van der Waals surface area contributed by atoms with Gasteiger partial charge in [0.1, 0.15) is 5.76 Å². The van der Waals surface area contributed by atoms with E-state index in [-0.39, 0.29) is 0 Å². The van der Waals surface area contributed by atoms with Crippen LogP contribution in [0.5, 0.6) is 0 Å². The van der Waals surface area contributed by atoms with Crippen LogP contribution in [0.3, 0.4) is 0 Å². The summed E-state index contributed by atoms with van der Waals surface area (Å²) in [4.78, 5) is 4.39. The molecule has 0 fully saturated rings. The molecule has 1 N–H and O–H groups in total. The fraction of sp³-hybridized carbons (Fsp3) is 0.250. The van der Waals surface area contributed by atoms with Crippen molar-refractivity contribution in [2.75, 3.05) is 6.54 Å². The van der Waals surface area contributed by atoms with Crippen molar-refractivity contribution >= 4 is 11.6 Å². The molecular weight excluding hydrogens is 302 g/mol. The molecule has 3 aromatic rings. The normalized spacial score (nSPS) is 11.0. The number of nitrogens with one attached hydrogen (secondary N) is 1. The average Bonchev–Trinajstić information content (AvgIpc) is 3.18. The number of benzene rings is 1. The zero-order valence-electron chi connectivity index (χ0n) is 12.2. The lowest BCUT2D eigenvalue weighted by Gasteiger charge is -1.99. The molecule has 0 amide bonds. The average molecular weight is 318 g/mol. The van der Waals surface area contributed by atoms with Gasteiger partial charge < -0.3 is 14.3 Å². The number of nitrogens with zero attached hydrogens (tertiary/aromatic N) is 2. The summed E-state index contributed by atoms with van der Waals surface area (Å²) in [5.41, 5.74) is 1.88. The molecule has 6 heteroatoms. The summed E-state index contributed by atoms with van der Waals surface area (Å²) in [6.07, 6.45) is 2.32. The van der Waals surface area contributed by atoms with Crippen molar-refractivity contribution in [3.05, 3.63) is 58.8 Å². The Morgan fingerprint density at radius 1 is 1.27 bits per heavy atom. The minimum atomic E-state index is 0.558. The van der Waals surface area contributed by atoms with Gasteiger partial charge in [-0.05, 0) is 30.7 Å². The molecule has 2 heterocycles. The second kappa shape index (κ2) is 6.77. The predicted octanol–water partition coefficient (Wildman–Crippen LogP) is 3.62. The number of aryl methyl sites for hydroxylation is 1. The molecule has 22 heavy (non-hydrogen) atoms. The number of aromatic nitrogens is 2. The van der Waals surface area contributed by atoms with Gasteiger partial charge in [0.2, 0.25) is 11.7 Å². The molecule has 3 rings (SSSR count). The van der Waals surface area contributed by atoms with Crippen LogP contribution in [-0.2, 0) is 13.0 Å². The summed E-state index contributed by atoms with van der Waals surface area (Å²) in [5, 5.41) is 7.95. The number of rotatable bonds is 6. The molecule has 5 nitrogen and oxygen atoms in total. The molecule has 114 valence electrons. The van der Waals surface area contributed by atoms with Crippen LogP contribution in [0, 0.1) is 6.92 Å². The Morgan fingerprint density at radius 3 is 2.95 bits per heavy atom. The third kappa shape index (κ3) is 3.55. The fourth-order valence-electron chi connectivity index (χ4n) is 2.03. The molecule has 1 aromatic carbocycles. The van der Waals surface area contributed by atoms with Crippen LogP contribution in [-0.4, -0.2) is 16.7 Å². The monoisotopic (exact) mass is 317 g/mol. The minimum Gasteiger partial charge on any atom is -0.468 e. The van der Waals surface area contributed by atoms with Gasteiger partial charge >= 0.3 is 0 Å². The number of hydrogen-bond acceptors (Lipinski definition) is 5. The first-order chi connectivity index (χ1) is 10.7. The third-order valence-corrected chi connectivity index (χ3v) is 3.70. The van der Waals surface area contributed by atoms with Crippen molar-refractivity contribution in [2.24, 2.45) is 0 Å². The van der Waals surface area contributed by atoms with Crippen molar-refractivity contribution in [1.82, 2.24) is 15.5 Å². The Hall–Kier alpha value is -2.11. The quantitative estimate of drug-likeness (QED) is 0.703. The van der Waals surface area contributed by atoms with E-state index in [0.717, 1.165) is 23.4 Å². The minimum absolute atomic E-state index is 0.558.